The van der Waals surface area contributed by atoms with Crippen molar-refractivity contribution in [3.05, 3.63) is 12.2 Å². The third-order valence-corrected chi connectivity index (χ3v) is 8.28. The maximum atomic E-state index is 12.3. The SMILES string of the molecule is CCCCCCCCCCCCC/C=C/CCC(=O)OC[C@H](COP(=O)(O)O)OC(=O)CCCCCCCCCCCCC. The van der Waals surface area contributed by atoms with Crippen molar-refractivity contribution in [2.75, 3.05) is 13.2 Å². The van der Waals surface area contributed by atoms with Crippen LogP contribution in [0.4, 0.5) is 0 Å². The number of phosphoric ester groups is 1. The van der Waals surface area contributed by atoms with Crippen LogP contribution in [0.1, 0.15) is 181 Å². The first-order valence-corrected chi connectivity index (χ1v) is 19.5. The molecule has 0 aromatic heterocycles. The lowest BCUT2D eigenvalue weighted by molar-refractivity contribution is -0.161. The molecule has 0 unspecified atom stereocenters. The number of hydrogen-bond acceptors (Lipinski definition) is 6. The minimum Gasteiger partial charge on any atom is -0.462 e. The summed E-state index contributed by atoms with van der Waals surface area (Å²) in [6.07, 6.45) is 32.3. The highest BCUT2D eigenvalue weighted by Crippen LogP contribution is 2.36. The molecule has 0 radical (unpaired) electrons. The molecule has 0 aliphatic heterocycles. The van der Waals surface area contributed by atoms with E-state index < -0.39 is 32.5 Å². The van der Waals surface area contributed by atoms with Gasteiger partial charge in [-0.3, -0.25) is 14.1 Å². The maximum absolute atomic E-state index is 12.3. The second-order valence-electron chi connectivity index (χ2n) is 12.2. The average molecular weight is 647 g/mol. The van der Waals surface area contributed by atoms with Crippen molar-refractivity contribution in [1.82, 2.24) is 0 Å². The molecule has 1 atom stereocenters. The Morgan fingerprint density at radius 1 is 0.568 bits per heavy atom. The molecule has 0 aromatic rings. The van der Waals surface area contributed by atoms with Gasteiger partial charge >= 0.3 is 19.8 Å². The summed E-state index contributed by atoms with van der Waals surface area (Å²) in [6, 6.07) is 0. The number of hydrogen-bond donors (Lipinski definition) is 2. The van der Waals surface area contributed by atoms with Gasteiger partial charge in [0.25, 0.3) is 0 Å². The third kappa shape index (κ3) is 33.7. The van der Waals surface area contributed by atoms with E-state index in [0.29, 0.717) is 12.8 Å². The fraction of sp³-hybridized carbons (Fsp3) is 0.886. The summed E-state index contributed by atoms with van der Waals surface area (Å²) in [5.41, 5.74) is 0. The smallest absolute Gasteiger partial charge is 0.462 e. The van der Waals surface area contributed by atoms with Gasteiger partial charge in [0.15, 0.2) is 6.10 Å². The number of rotatable bonds is 33. The average Bonchev–Trinajstić information content (AvgIpc) is 2.98. The van der Waals surface area contributed by atoms with Crippen molar-refractivity contribution in [2.24, 2.45) is 0 Å². The normalized spacial score (nSPS) is 12.5. The van der Waals surface area contributed by atoms with Crippen LogP contribution in [-0.2, 0) is 28.2 Å². The molecule has 9 heteroatoms. The van der Waals surface area contributed by atoms with Crippen LogP contribution in [-0.4, -0.2) is 41.0 Å². The minimum absolute atomic E-state index is 0.188. The molecule has 0 fully saturated rings. The summed E-state index contributed by atoms with van der Waals surface area (Å²) >= 11 is 0. The van der Waals surface area contributed by atoms with E-state index in [-0.39, 0.29) is 19.4 Å². The number of carbonyl (C=O) groups is 2. The highest BCUT2D eigenvalue weighted by Gasteiger charge is 2.22. The van der Waals surface area contributed by atoms with Gasteiger partial charge in [0.05, 0.1) is 6.61 Å². The Bertz CT molecular complexity index is 736. The number of unbranched alkanes of at least 4 members (excludes halogenated alkanes) is 21. The lowest BCUT2D eigenvalue weighted by Crippen LogP contribution is -2.29. The molecule has 260 valence electrons. The zero-order valence-corrected chi connectivity index (χ0v) is 29.2. The molecule has 2 N–H and O–H groups in total. The topological polar surface area (TPSA) is 119 Å². The molecule has 0 bridgehead atoms. The molecule has 0 aromatic carbocycles. The summed E-state index contributed by atoms with van der Waals surface area (Å²) in [4.78, 5) is 42.5. The monoisotopic (exact) mass is 646 g/mol. The Balaban J connectivity index is 4.00. The van der Waals surface area contributed by atoms with Crippen LogP contribution in [0, 0.1) is 0 Å². The van der Waals surface area contributed by atoms with Gasteiger partial charge in [-0.2, -0.15) is 0 Å². The van der Waals surface area contributed by atoms with Gasteiger partial charge in [-0.05, 0) is 25.7 Å². The Labute approximate surface area is 269 Å². The molecule has 0 heterocycles. The predicted octanol–water partition coefficient (Wildman–Crippen LogP) is 10.3. The van der Waals surface area contributed by atoms with Gasteiger partial charge in [-0.15, -0.1) is 0 Å². The molecule has 0 aliphatic rings. The number of esters is 2. The highest BCUT2D eigenvalue weighted by atomic mass is 31.2. The van der Waals surface area contributed by atoms with Gasteiger partial charge in [0.2, 0.25) is 0 Å². The molecule has 0 saturated heterocycles. The lowest BCUT2D eigenvalue weighted by atomic mass is 10.1. The van der Waals surface area contributed by atoms with E-state index >= 15 is 0 Å². The van der Waals surface area contributed by atoms with Crippen molar-refractivity contribution < 1.29 is 37.9 Å². The van der Waals surface area contributed by atoms with Crippen LogP contribution in [0.3, 0.4) is 0 Å². The first-order valence-electron chi connectivity index (χ1n) is 18.0. The van der Waals surface area contributed by atoms with Crippen molar-refractivity contribution in [1.29, 1.82) is 0 Å². The van der Waals surface area contributed by atoms with Gasteiger partial charge < -0.3 is 19.3 Å². The standard InChI is InChI=1S/C35H67O8P/c1-3-5-7-9-11-13-15-16-17-18-20-21-23-25-27-29-34(36)41-31-33(32-42-44(38,39)40)43-35(37)30-28-26-24-22-19-14-12-10-8-6-4-2/h23,25,33H,3-22,24,26-32H2,1-2H3,(H2,38,39,40)/b25-23+/t33-/m1/s1. The number of phosphoric acid groups is 1. The van der Waals surface area contributed by atoms with E-state index in [4.69, 9.17) is 19.3 Å². The zero-order valence-electron chi connectivity index (χ0n) is 28.3. The van der Waals surface area contributed by atoms with Crippen molar-refractivity contribution >= 4 is 19.8 Å². The molecule has 0 rings (SSSR count). The Morgan fingerprint density at radius 2 is 1.00 bits per heavy atom. The molecular weight excluding hydrogens is 579 g/mol. The van der Waals surface area contributed by atoms with Crippen LogP contribution in [0.15, 0.2) is 12.2 Å². The zero-order chi connectivity index (χ0) is 32.6. The van der Waals surface area contributed by atoms with Crippen molar-refractivity contribution in [3.8, 4) is 0 Å². The van der Waals surface area contributed by atoms with Gasteiger partial charge in [0, 0.05) is 12.8 Å². The number of allylic oxidation sites excluding steroid dienone is 2. The van der Waals surface area contributed by atoms with Gasteiger partial charge in [-0.25, -0.2) is 4.57 Å². The van der Waals surface area contributed by atoms with E-state index in [2.05, 4.69) is 24.4 Å². The van der Waals surface area contributed by atoms with E-state index in [0.717, 1.165) is 32.1 Å². The molecule has 0 aliphatic carbocycles. The van der Waals surface area contributed by atoms with Crippen LogP contribution < -0.4 is 0 Å². The Hall–Kier alpha value is -1.21. The quantitative estimate of drug-likeness (QED) is 0.0313. The van der Waals surface area contributed by atoms with E-state index in [1.807, 2.05) is 6.08 Å². The molecule has 0 saturated carbocycles. The summed E-state index contributed by atoms with van der Waals surface area (Å²) < 4.78 is 26.2. The first-order chi connectivity index (χ1) is 21.3. The van der Waals surface area contributed by atoms with Crippen LogP contribution >= 0.6 is 7.82 Å². The predicted molar refractivity (Wildman–Crippen MR) is 179 cm³/mol. The molecule has 8 nitrogen and oxygen atoms in total. The molecule has 44 heavy (non-hydrogen) atoms. The van der Waals surface area contributed by atoms with Crippen LogP contribution in [0.5, 0.6) is 0 Å². The van der Waals surface area contributed by atoms with E-state index in [9.17, 15) is 14.2 Å². The van der Waals surface area contributed by atoms with Crippen molar-refractivity contribution in [3.63, 3.8) is 0 Å². The van der Waals surface area contributed by atoms with Gasteiger partial charge in [-0.1, -0.05) is 154 Å². The molecule has 0 spiro atoms. The van der Waals surface area contributed by atoms with Crippen LogP contribution in [0.25, 0.3) is 0 Å². The van der Waals surface area contributed by atoms with Gasteiger partial charge in [0.1, 0.15) is 6.61 Å². The summed E-state index contributed by atoms with van der Waals surface area (Å²) in [7, 11) is -4.75. The Kier molecular flexibility index (Phi) is 30.9. The second-order valence-corrected chi connectivity index (χ2v) is 13.4. The highest BCUT2D eigenvalue weighted by molar-refractivity contribution is 7.46. The summed E-state index contributed by atoms with van der Waals surface area (Å²) in [6.45, 7) is 3.63. The number of ether oxygens (including phenoxy) is 2. The maximum Gasteiger partial charge on any atom is 0.469 e. The van der Waals surface area contributed by atoms with Crippen LogP contribution in [0.2, 0.25) is 0 Å². The number of carbonyl (C=O) groups excluding carboxylic acids is 2. The molecular formula is C35H67O8P. The van der Waals surface area contributed by atoms with E-state index in [1.54, 1.807) is 0 Å². The second kappa shape index (κ2) is 31.8. The van der Waals surface area contributed by atoms with Crippen molar-refractivity contribution in [2.45, 2.75) is 187 Å². The molecule has 0 amide bonds. The lowest BCUT2D eigenvalue weighted by Gasteiger charge is -2.18. The fourth-order valence-corrected chi connectivity index (χ4v) is 5.46. The Morgan fingerprint density at radius 3 is 1.48 bits per heavy atom. The third-order valence-electron chi connectivity index (χ3n) is 7.80. The fourth-order valence-electron chi connectivity index (χ4n) is 5.10. The minimum atomic E-state index is -4.75. The summed E-state index contributed by atoms with van der Waals surface area (Å²) in [5.74, 6) is -0.937. The largest absolute Gasteiger partial charge is 0.469 e. The van der Waals surface area contributed by atoms with E-state index in [1.165, 1.54) is 109 Å². The first kappa shape index (κ1) is 42.8. The summed E-state index contributed by atoms with van der Waals surface area (Å²) in [5, 5.41) is 0.